The molecule has 92 valence electrons. The van der Waals surface area contributed by atoms with Gasteiger partial charge in [0.2, 0.25) is 0 Å². The van der Waals surface area contributed by atoms with Crippen molar-refractivity contribution in [2.75, 3.05) is 6.54 Å². The minimum absolute atomic E-state index is 0.263. The SMILES string of the molecule is C#CCN1C(=O)N=C(N)C12CCCCCCC2. The average molecular weight is 233 g/mol. The zero-order valence-corrected chi connectivity index (χ0v) is 10.1. The Morgan fingerprint density at radius 3 is 2.47 bits per heavy atom. The first-order valence-electron chi connectivity index (χ1n) is 6.30. The van der Waals surface area contributed by atoms with Gasteiger partial charge in [0.05, 0.1) is 6.54 Å². The highest BCUT2D eigenvalue weighted by atomic mass is 16.2. The molecule has 2 aliphatic rings. The number of hydrogen-bond acceptors (Lipinski definition) is 2. The summed E-state index contributed by atoms with van der Waals surface area (Å²) >= 11 is 0. The maximum atomic E-state index is 11.8. The molecule has 0 bridgehead atoms. The summed E-state index contributed by atoms with van der Waals surface area (Å²) in [5, 5.41) is 0. The molecule has 4 nitrogen and oxygen atoms in total. The minimum atomic E-state index is -0.385. The first-order valence-corrected chi connectivity index (χ1v) is 6.30. The summed E-state index contributed by atoms with van der Waals surface area (Å²) < 4.78 is 0. The van der Waals surface area contributed by atoms with Gasteiger partial charge in [0, 0.05) is 0 Å². The molecule has 0 radical (unpaired) electrons. The Bertz CT molecular complexity index is 373. The monoisotopic (exact) mass is 233 g/mol. The molecule has 1 heterocycles. The molecule has 17 heavy (non-hydrogen) atoms. The van der Waals surface area contributed by atoms with Crippen molar-refractivity contribution < 1.29 is 4.79 Å². The Balaban J connectivity index is 2.26. The van der Waals surface area contributed by atoms with Crippen molar-refractivity contribution in [1.29, 1.82) is 0 Å². The Kier molecular flexibility index (Phi) is 3.37. The normalized spacial score (nSPS) is 24.1. The number of nitrogens with two attached hydrogens (primary N) is 1. The van der Waals surface area contributed by atoms with Crippen LogP contribution in [-0.2, 0) is 0 Å². The highest BCUT2D eigenvalue weighted by molar-refractivity contribution is 6.05. The van der Waals surface area contributed by atoms with Gasteiger partial charge in [-0.05, 0) is 12.8 Å². The lowest BCUT2D eigenvalue weighted by Crippen LogP contribution is -2.54. The fourth-order valence-electron chi connectivity index (χ4n) is 2.92. The highest BCUT2D eigenvalue weighted by Gasteiger charge is 2.47. The number of nitrogens with zero attached hydrogens (tertiary/aromatic N) is 2. The number of carbonyl (C=O) groups excluding carboxylic acids is 1. The number of terminal acetylenes is 1. The van der Waals surface area contributed by atoms with E-state index in [2.05, 4.69) is 10.9 Å². The fourth-order valence-corrected chi connectivity index (χ4v) is 2.92. The first-order chi connectivity index (χ1) is 8.20. The van der Waals surface area contributed by atoms with E-state index >= 15 is 0 Å². The Morgan fingerprint density at radius 1 is 1.29 bits per heavy atom. The number of carbonyl (C=O) groups is 1. The lowest BCUT2D eigenvalue weighted by molar-refractivity contribution is 0.162. The molecule has 2 rings (SSSR count). The van der Waals surface area contributed by atoms with Gasteiger partial charge in [-0.1, -0.05) is 38.0 Å². The van der Waals surface area contributed by atoms with Gasteiger partial charge in [0.25, 0.3) is 0 Å². The smallest absolute Gasteiger partial charge is 0.346 e. The number of aliphatic imine (C=N–C) groups is 1. The van der Waals surface area contributed by atoms with Crippen molar-refractivity contribution in [2.24, 2.45) is 10.7 Å². The van der Waals surface area contributed by atoms with Crippen LogP contribution in [0.4, 0.5) is 4.79 Å². The van der Waals surface area contributed by atoms with E-state index in [1.807, 2.05) is 0 Å². The summed E-state index contributed by atoms with van der Waals surface area (Å²) in [7, 11) is 0. The molecule has 0 aromatic heterocycles. The van der Waals surface area contributed by atoms with Crippen molar-refractivity contribution in [1.82, 2.24) is 4.90 Å². The van der Waals surface area contributed by atoms with Gasteiger partial charge >= 0.3 is 6.03 Å². The van der Waals surface area contributed by atoms with Crippen LogP contribution in [0.5, 0.6) is 0 Å². The predicted octanol–water partition coefficient (Wildman–Crippen LogP) is 1.90. The van der Waals surface area contributed by atoms with Crippen LogP contribution in [0.25, 0.3) is 0 Å². The van der Waals surface area contributed by atoms with Crippen LogP contribution >= 0.6 is 0 Å². The van der Waals surface area contributed by atoms with Gasteiger partial charge in [0.1, 0.15) is 11.4 Å². The minimum Gasteiger partial charge on any atom is -0.385 e. The molecule has 0 saturated heterocycles. The summed E-state index contributed by atoms with van der Waals surface area (Å²) in [5.74, 6) is 3.02. The third-order valence-electron chi connectivity index (χ3n) is 3.87. The van der Waals surface area contributed by atoms with E-state index in [-0.39, 0.29) is 11.6 Å². The van der Waals surface area contributed by atoms with E-state index < -0.39 is 0 Å². The summed E-state index contributed by atoms with van der Waals surface area (Å²) in [6, 6.07) is -0.263. The fraction of sp³-hybridized carbons (Fsp3) is 0.692. The molecule has 2 N–H and O–H groups in total. The third-order valence-corrected chi connectivity index (χ3v) is 3.87. The zero-order chi connectivity index (χ0) is 12.3. The van der Waals surface area contributed by atoms with E-state index in [1.165, 1.54) is 19.3 Å². The third kappa shape index (κ3) is 2.02. The maximum Gasteiger partial charge on any atom is 0.346 e. The van der Waals surface area contributed by atoms with E-state index in [4.69, 9.17) is 12.2 Å². The van der Waals surface area contributed by atoms with Crippen molar-refractivity contribution in [3.8, 4) is 12.3 Å². The summed E-state index contributed by atoms with van der Waals surface area (Å²) in [6.07, 6.45) is 13.0. The van der Waals surface area contributed by atoms with Gasteiger partial charge < -0.3 is 5.73 Å². The summed E-state index contributed by atoms with van der Waals surface area (Å²) in [6.45, 7) is 0.309. The van der Waals surface area contributed by atoms with Crippen LogP contribution in [0, 0.1) is 12.3 Å². The number of hydrogen-bond donors (Lipinski definition) is 1. The molecule has 4 heteroatoms. The summed E-state index contributed by atoms with van der Waals surface area (Å²) in [4.78, 5) is 17.4. The summed E-state index contributed by atoms with van der Waals surface area (Å²) in [5.41, 5.74) is 5.61. The standard InChI is InChI=1S/C13H19N3O/c1-2-10-16-12(17)15-11(14)13(16)8-6-4-3-5-7-9-13/h1H,3-10H2,(H2,14,15,17). The Labute approximate surface area is 102 Å². The Morgan fingerprint density at radius 2 is 1.88 bits per heavy atom. The van der Waals surface area contributed by atoms with E-state index in [9.17, 15) is 4.79 Å². The highest BCUT2D eigenvalue weighted by Crippen LogP contribution is 2.35. The number of amides is 2. The largest absolute Gasteiger partial charge is 0.385 e. The lowest BCUT2D eigenvalue weighted by atomic mass is 9.82. The molecule has 1 fully saturated rings. The van der Waals surface area contributed by atoms with Crippen molar-refractivity contribution in [3.63, 3.8) is 0 Å². The van der Waals surface area contributed by atoms with E-state index in [1.54, 1.807) is 4.90 Å². The van der Waals surface area contributed by atoms with E-state index in [0.29, 0.717) is 12.4 Å². The van der Waals surface area contributed by atoms with Gasteiger partial charge in [-0.3, -0.25) is 4.90 Å². The van der Waals surface area contributed by atoms with Crippen LogP contribution in [0.3, 0.4) is 0 Å². The quantitative estimate of drug-likeness (QED) is 0.703. The molecule has 1 aliphatic heterocycles. The average Bonchev–Trinajstić information content (AvgIpc) is 2.48. The second-order valence-electron chi connectivity index (χ2n) is 4.87. The lowest BCUT2D eigenvalue weighted by Gasteiger charge is -2.38. The second-order valence-corrected chi connectivity index (χ2v) is 4.87. The molecule has 0 unspecified atom stereocenters. The second kappa shape index (κ2) is 4.79. The molecule has 1 saturated carbocycles. The molecule has 1 spiro atoms. The molecular formula is C13H19N3O. The van der Waals surface area contributed by atoms with Crippen LogP contribution in [-0.4, -0.2) is 28.9 Å². The van der Waals surface area contributed by atoms with Crippen LogP contribution in [0.15, 0.2) is 4.99 Å². The van der Waals surface area contributed by atoms with Crippen LogP contribution in [0.1, 0.15) is 44.9 Å². The molecule has 0 atom stereocenters. The van der Waals surface area contributed by atoms with Crippen molar-refractivity contribution in [3.05, 3.63) is 0 Å². The number of urea groups is 1. The van der Waals surface area contributed by atoms with Crippen molar-refractivity contribution in [2.45, 2.75) is 50.5 Å². The number of rotatable bonds is 1. The first kappa shape index (κ1) is 12.0. The Hall–Kier alpha value is -1.50. The molecule has 0 aromatic carbocycles. The van der Waals surface area contributed by atoms with Crippen LogP contribution in [0.2, 0.25) is 0 Å². The topological polar surface area (TPSA) is 58.7 Å². The van der Waals surface area contributed by atoms with Gasteiger partial charge in [0.15, 0.2) is 0 Å². The predicted molar refractivity (Wildman–Crippen MR) is 67.6 cm³/mol. The van der Waals surface area contributed by atoms with Crippen molar-refractivity contribution >= 4 is 11.9 Å². The van der Waals surface area contributed by atoms with Gasteiger partial charge in [-0.15, -0.1) is 6.42 Å². The zero-order valence-electron chi connectivity index (χ0n) is 10.1. The van der Waals surface area contributed by atoms with Gasteiger partial charge in [-0.25, -0.2) is 4.79 Å². The van der Waals surface area contributed by atoms with E-state index in [0.717, 1.165) is 25.7 Å². The maximum absolute atomic E-state index is 11.8. The van der Waals surface area contributed by atoms with Crippen LogP contribution < -0.4 is 5.73 Å². The molecule has 2 amide bonds. The molecular weight excluding hydrogens is 214 g/mol. The number of amidine groups is 1. The molecule has 1 aliphatic carbocycles. The van der Waals surface area contributed by atoms with Gasteiger partial charge in [-0.2, -0.15) is 4.99 Å². The molecule has 0 aromatic rings.